The van der Waals surface area contributed by atoms with Crippen LogP contribution < -0.4 is 31.3 Å². The Balaban J connectivity index is 0.695. The molecule has 0 spiro atoms. The largest absolute Gasteiger partial charge is 0.494 e. The van der Waals surface area contributed by atoms with Gasteiger partial charge in [-0.3, -0.25) is 39.4 Å². The Labute approximate surface area is 394 Å². The number of nitrogens with zero attached hydrogens (tertiary/aromatic N) is 4. The Morgan fingerprint density at radius 1 is 0.882 bits per heavy atom. The fourth-order valence-electron chi connectivity index (χ4n) is 8.76. The lowest BCUT2D eigenvalue weighted by atomic mass is 9.87. The fourth-order valence-corrected chi connectivity index (χ4v) is 8.76. The maximum atomic E-state index is 13.6. The monoisotopic (exact) mass is 926 g/mol. The Kier molecular flexibility index (Phi) is 15.8. The third-order valence-electron chi connectivity index (χ3n) is 12.5. The highest BCUT2D eigenvalue weighted by Gasteiger charge is 2.40. The van der Waals surface area contributed by atoms with Gasteiger partial charge >= 0.3 is 0 Å². The first kappa shape index (κ1) is 47.5. The highest BCUT2D eigenvalue weighted by molar-refractivity contribution is 6.07. The highest BCUT2D eigenvalue weighted by atomic mass is 16.5. The lowest BCUT2D eigenvalue weighted by Crippen LogP contribution is -2.52. The van der Waals surface area contributed by atoms with Crippen molar-refractivity contribution >= 4 is 40.9 Å². The van der Waals surface area contributed by atoms with Crippen molar-refractivity contribution in [2.75, 3.05) is 56.8 Å². The van der Waals surface area contributed by atoms with E-state index in [-0.39, 0.29) is 62.3 Å². The molecule has 3 aliphatic rings. The van der Waals surface area contributed by atoms with Crippen LogP contribution in [0.3, 0.4) is 0 Å². The first-order chi connectivity index (χ1) is 33.2. The van der Waals surface area contributed by atoms with Gasteiger partial charge < -0.3 is 40.4 Å². The van der Waals surface area contributed by atoms with Gasteiger partial charge in [-0.15, -0.1) is 0 Å². The molecule has 356 valence electrons. The summed E-state index contributed by atoms with van der Waals surface area (Å²) in [7, 11) is 0. The molecule has 6 N–H and O–H groups in total. The molecular formula is C50H58N10O8. The summed E-state index contributed by atoms with van der Waals surface area (Å²) in [5.41, 5.74) is 4.23. The molecule has 3 aliphatic heterocycles. The molecule has 5 aromatic rings. The molecule has 2 unspecified atom stereocenters. The SMILES string of the molecule is CC(NC(=O)c1cccc(NC2(c3nc(-c4ccncc4)n[nH]3)CCNCC2)c1)c1cccc(OCCCCCCOCCOCC(=O)Nc2cccc3c2CN(C2CCC(=O)NC2=O)C3=O)c1. The van der Waals surface area contributed by atoms with Crippen LogP contribution in [0.4, 0.5) is 11.4 Å². The second kappa shape index (κ2) is 22.6. The molecule has 2 saturated heterocycles. The van der Waals surface area contributed by atoms with Crippen LogP contribution in [0.5, 0.6) is 5.75 Å². The molecule has 2 fully saturated rings. The number of unbranched alkanes of at least 4 members (excludes halogenated alkanes) is 3. The number of benzene rings is 3. The van der Waals surface area contributed by atoms with Crippen molar-refractivity contribution in [3.63, 3.8) is 0 Å². The highest BCUT2D eigenvalue weighted by Crippen LogP contribution is 2.35. The average molecular weight is 927 g/mol. The lowest BCUT2D eigenvalue weighted by Gasteiger charge is -2.37. The van der Waals surface area contributed by atoms with Crippen LogP contribution in [0.1, 0.15) is 102 Å². The minimum absolute atomic E-state index is 0.161. The Morgan fingerprint density at radius 2 is 1.66 bits per heavy atom. The average Bonchev–Trinajstić information content (AvgIpc) is 3.99. The molecule has 3 aromatic carbocycles. The van der Waals surface area contributed by atoms with Gasteiger partial charge in [0.1, 0.15) is 18.4 Å². The Bertz CT molecular complexity index is 2560. The first-order valence-corrected chi connectivity index (χ1v) is 23.3. The molecule has 18 nitrogen and oxygen atoms in total. The number of rotatable bonds is 22. The van der Waals surface area contributed by atoms with E-state index in [1.54, 1.807) is 30.6 Å². The molecule has 8 rings (SSSR count). The van der Waals surface area contributed by atoms with E-state index in [9.17, 15) is 24.0 Å². The molecule has 5 amide bonds. The van der Waals surface area contributed by atoms with Gasteiger partial charge in [-0.25, -0.2) is 4.98 Å². The molecule has 2 atom stereocenters. The summed E-state index contributed by atoms with van der Waals surface area (Å²) >= 11 is 0. The fraction of sp³-hybridized carbons (Fsp3) is 0.400. The van der Waals surface area contributed by atoms with Crippen LogP contribution in [0, 0.1) is 0 Å². The van der Waals surface area contributed by atoms with Gasteiger partial charge in [0, 0.05) is 65.6 Å². The Hall–Kier alpha value is -7.02. The molecule has 2 aromatic heterocycles. The van der Waals surface area contributed by atoms with Crippen LogP contribution in [0.2, 0.25) is 0 Å². The van der Waals surface area contributed by atoms with E-state index in [1.807, 2.05) is 67.6 Å². The van der Waals surface area contributed by atoms with Crippen LogP contribution in [-0.2, 0) is 35.9 Å². The number of amides is 5. The number of ether oxygens (including phenoxy) is 3. The number of carbonyl (C=O) groups is 5. The van der Waals surface area contributed by atoms with Crippen LogP contribution in [0.15, 0.2) is 91.3 Å². The molecule has 18 heteroatoms. The molecule has 0 radical (unpaired) electrons. The second-order valence-electron chi connectivity index (χ2n) is 17.3. The second-order valence-corrected chi connectivity index (χ2v) is 17.3. The van der Waals surface area contributed by atoms with E-state index in [1.165, 1.54) is 4.90 Å². The minimum atomic E-state index is -0.733. The maximum Gasteiger partial charge on any atom is 0.255 e. The molecule has 68 heavy (non-hydrogen) atoms. The van der Waals surface area contributed by atoms with E-state index < -0.39 is 17.5 Å². The van der Waals surface area contributed by atoms with Crippen molar-refractivity contribution in [2.24, 2.45) is 0 Å². The van der Waals surface area contributed by atoms with Crippen LogP contribution >= 0.6 is 0 Å². The van der Waals surface area contributed by atoms with Gasteiger partial charge in [0.25, 0.3) is 11.8 Å². The number of aromatic nitrogens is 4. The van der Waals surface area contributed by atoms with Gasteiger partial charge in [0.15, 0.2) is 11.6 Å². The van der Waals surface area contributed by atoms with E-state index in [4.69, 9.17) is 19.2 Å². The van der Waals surface area contributed by atoms with Crippen molar-refractivity contribution in [1.29, 1.82) is 0 Å². The summed E-state index contributed by atoms with van der Waals surface area (Å²) in [5, 5.41) is 23.1. The van der Waals surface area contributed by atoms with Crippen LogP contribution in [0.25, 0.3) is 11.4 Å². The molecule has 0 saturated carbocycles. The number of aromatic amines is 1. The normalized spacial score (nSPS) is 17.0. The zero-order valence-corrected chi connectivity index (χ0v) is 38.2. The lowest BCUT2D eigenvalue weighted by molar-refractivity contribution is -0.137. The Morgan fingerprint density at radius 3 is 2.49 bits per heavy atom. The zero-order valence-electron chi connectivity index (χ0n) is 38.2. The number of carbonyl (C=O) groups excluding carboxylic acids is 5. The van der Waals surface area contributed by atoms with E-state index in [0.717, 1.165) is 80.0 Å². The third-order valence-corrected chi connectivity index (χ3v) is 12.5. The van der Waals surface area contributed by atoms with Crippen molar-refractivity contribution in [1.82, 2.24) is 41.0 Å². The van der Waals surface area contributed by atoms with Crippen LogP contribution in [-0.4, -0.2) is 107 Å². The number of fused-ring (bicyclic) bond motifs is 1. The van der Waals surface area contributed by atoms with Gasteiger partial charge in [-0.05, 0) is 119 Å². The van der Waals surface area contributed by atoms with Gasteiger partial charge in [-0.1, -0.05) is 30.7 Å². The summed E-state index contributed by atoms with van der Waals surface area (Å²) in [6.45, 7) is 5.31. The van der Waals surface area contributed by atoms with E-state index in [2.05, 4.69) is 41.8 Å². The van der Waals surface area contributed by atoms with Crippen molar-refractivity contribution in [2.45, 2.75) is 82.5 Å². The van der Waals surface area contributed by atoms with Gasteiger partial charge in [0.2, 0.25) is 17.7 Å². The molecule has 0 aliphatic carbocycles. The quantitative estimate of drug-likeness (QED) is 0.0377. The third kappa shape index (κ3) is 11.9. The zero-order chi connectivity index (χ0) is 47.3. The number of anilines is 2. The smallest absolute Gasteiger partial charge is 0.255 e. The van der Waals surface area contributed by atoms with Gasteiger partial charge in [-0.2, -0.15) is 5.10 Å². The minimum Gasteiger partial charge on any atom is -0.494 e. The number of nitrogens with one attached hydrogen (secondary N) is 6. The standard InChI is InChI=1S/C50H58N10O8/c1-33(53-46(63)36-10-6-11-37(29-36)57-50(19-23-52-24-20-50)49-56-45(58-59-49)34-17-21-51-22-18-34)35-9-7-12-38(30-35)68-26-5-3-2-4-25-66-27-28-67-32-44(62)54-41-14-8-13-39-40(41)31-60(48(39)65)42-15-16-43(61)55-47(42)64/h6-14,17-18,21-22,29-30,33,42,52,57H,2-5,15-16,19-20,23-28,31-32H2,1H3,(H,53,63)(H,54,62)(H,55,61,64)(H,56,58,59). The van der Waals surface area contributed by atoms with Crippen molar-refractivity contribution in [3.05, 3.63) is 119 Å². The summed E-state index contributed by atoms with van der Waals surface area (Å²) in [5.74, 6) is 0.430. The topological polar surface area (TPSA) is 231 Å². The molecule has 5 heterocycles. The number of piperidine rings is 2. The molecule has 0 bridgehead atoms. The molecular weight excluding hydrogens is 869 g/mol. The number of imide groups is 1. The number of pyridine rings is 1. The van der Waals surface area contributed by atoms with E-state index in [0.29, 0.717) is 48.0 Å². The summed E-state index contributed by atoms with van der Waals surface area (Å²) in [4.78, 5) is 73.7. The van der Waals surface area contributed by atoms with Gasteiger partial charge in [0.05, 0.1) is 31.4 Å². The summed E-state index contributed by atoms with van der Waals surface area (Å²) in [6.07, 6.45) is 9.16. The van der Waals surface area contributed by atoms with Crippen molar-refractivity contribution < 1.29 is 38.2 Å². The summed E-state index contributed by atoms with van der Waals surface area (Å²) < 4.78 is 17.3. The predicted molar refractivity (Wildman–Crippen MR) is 253 cm³/mol. The van der Waals surface area contributed by atoms with Crippen molar-refractivity contribution in [3.8, 4) is 17.1 Å². The number of hydrogen-bond acceptors (Lipinski definition) is 13. The maximum absolute atomic E-state index is 13.6. The predicted octanol–water partition coefficient (Wildman–Crippen LogP) is 5.42. The first-order valence-electron chi connectivity index (χ1n) is 23.3. The van der Waals surface area contributed by atoms with E-state index >= 15 is 0 Å². The number of H-pyrrole nitrogens is 1. The summed E-state index contributed by atoms with van der Waals surface area (Å²) in [6, 6.07) is 23.2. The number of hydrogen-bond donors (Lipinski definition) is 6.